The van der Waals surface area contributed by atoms with E-state index in [0.29, 0.717) is 33.8 Å². The molecule has 12 nitrogen and oxygen atoms in total. The first-order valence-corrected chi connectivity index (χ1v) is 12.5. The standard InChI is InChI=1S/C27H16Cl2N6O6/c28-19-8-3-15(11-23(19)34(38)39)26(36)30-17-5-1-14(2-6-17)25-32-21-10-7-18(13-22(21)33-25)31-27(37)16-4-9-20(29)24(12-16)35(40)41/h1-13H,(H,30,36)(H,31,37)(H,32,33). The first-order chi connectivity index (χ1) is 19.6. The molecule has 0 aliphatic carbocycles. The highest BCUT2D eigenvalue weighted by atomic mass is 35.5. The Morgan fingerprint density at radius 1 is 0.707 bits per heavy atom. The smallest absolute Gasteiger partial charge is 0.288 e. The molecular formula is C27H16Cl2N6O6. The van der Waals surface area contributed by atoms with E-state index in [1.807, 2.05) is 0 Å². The van der Waals surface area contributed by atoms with Gasteiger partial charge in [0.2, 0.25) is 0 Å². The zero-order chi connectivity index (χ0) is 29.3. The van der Waals surface area contributed by atoms with Crippen molar-refractivity contribution in [2.45, 2.75) is 0 Å². The summed E-state index contributed by atoms with van der Waals surface area (Å²) in [4.78, 5) is 53.8. The van der Waals surface area contributed by atoms with Gasteiger partial charge in [0.1, 0.15) is 15.9 Å². The number of imidazole rings is 1. The molecule has 0 aliphatic heterocycles. The summed E-state index contributed by atoms with van der Waals surface area (Å²) in [5.74, 6) is -0.554. The lowest BCUT2D eigenvalue weighted by molar-refractivity contribution is -0.384. The van der Waals surface area contributed by atoms with Crippen LogP contribution in [0.15, 0.2) is 78.9 Å². The van der Waals surface area contributed by atoms with Gasteiger partial charge in [-0.25, -0.2) is 4.98 Å². The van der Waals surface area contributed by atoms with E-state index >= 15 is 0 Å². The molecule has 5 rings (SSSR count). The van der Waals surface area contributed by atoms with E-state index in [4.69, 9.17) is 23.2 Å². The number of hydrogen-bond acceptors (Lipinski definition) is 7. The molecule has 2 amide bonds. The molecule has 5 aromatic rings. The van der Waals surface area contributed by atoms with Crippen LogP contribution in [0.1, 0.15) is 20.7 Å². The number of carbonyl (C=O) groups excluding carboxylic acids is 2. The maximum atomic E-state index is 12.7. The number of amides is 2. The van der Waals surface area contributed by atoms with Gasteiger partial charge in [0.15, 0.2) is 0 Å². The molecule has 14 heteroatoms. The molecule has 204 valence electrons. The van der Waals surface area contributed by atoms with Crippen LogP contribution in [0.25, 0.3) is 22.4 Å². The van der Waals surface area contributed by atoms with Crippen molar-refractivity contribution in [2.75, 3.05) is 10.6 Å². The second-order valence-electron chi connectivity index (χ2n) is 8.65. The zero-order valence-electron chi connectivity index (χ0n) is 20.6. The lowest BCUT2D eigenvalue weighted by Gasteiger charge is -2.06. The molecule has 0 fully saturated rings. The molecule has 1 heterocycles. The minimum Gasteiger partial charge on any atom is -0.338 e. The van der Waals surface area contributed by atoms with Crippen molar-refractivity contribution < 1.29 is 19.4 Å². The number of H-pyrrole nitrogens is 1. The van der Waals surface area contributed by atoms with Gasteiger partial charge in [0.25, 0.3) is 23.2 Å². The molecule has 0 radical (unpaired) electrons. The normalized spacial score (nSPS) is 10.8. The van der Waals surface area contributed by atoms with Crippen molar-refractivity contribution in [2.24, 2.45) is 0 Å². The highest BCUT2D eigenvalue weighted by Gasteiger charge is 2.18. The predicted molar refractivity (Wildman–Crippen MR) is 154 cm³/mol. The summed E-state index contributed by atoms with van der Waals surface area (Å²) >= 11 is 11.6. The lowest BCUT2D eigenvalue weighted by atomic mass is 10.1. The van der Waals surface area contributed by atoms with Crippen molar-refractivity contribution in [3.63, 3.8) is 0 Å². The van der Waals surface area contributed by atoms with Crippen molar-refractivity contribution in [1.82, 2.24) is 9.97 Å². The summed E-state index contributed by atoms with van der Waals surface area (Å²) in [6, 6.07) is 19.4. The number of halogens is 2. The highest BCUT2D eigenvalue weighted by Crippen LogP contribution is 2.28. The average molecular weight is 591 g/mol. The van der Waals surface area contributed by atoms with Gasteiger partial charge in [-0.1, -0.05) is 23.2 Å². The van der Waals surface area contributed by atoms with Crippen molar-refractivity contribution >= 4 is 68.8 Å². The van der Waals surface area contributed by atoms with Crippen LogP contribution >= 0.6 is 23.2 Å². The Labute approximate surface area is 240 Å². The highest BCUT2D eigenvalue weighted by molar-refractivity contribution is 6.33. The van der Waals surface area contributed by atoms with Gasteiger partial charge in [-0.3, -0.25) is 29.8 Å². The molecule has 4 aromatic carbocycles. The first-order valence-electron chi connectivity index (χ1n) is 11.7. The second-order valence-corrected chi connectivity index (χ2v) is 9.46. The maximum Gasteiger partial charge on any atom is 0.288 e. The van der Waals surface area contributed by atoms with Gasteiger partial charge in [-0.05, 0) is 66.7 Å². The summed E-state index contributed by atoms with van der Waals surface area (Å²) in [5.41, 5.74) is 2.29. The fraction of sp³-hybridized carbons (Fsp3) is 0. The summed E-state index contributed by atoms with van der Waals surface area (Å²) < 4.78 is 0. The van der Waals surface area contributed by atoms with Gasteiger partial charge >= 0.3 is 0 Å². The Bertz CT molecular complexity index is 1870. The van der Waals surface area contributed by atoms with E-state index in [1.54, 1.807) is 42.5 Å². The fourth-order valence-corrected chi connectivity index (χ4v) is 4.30. The zero-order valence-corrected chi connectivity index (χ0v) is 22.1. The largest absolute Gasteiger partial charge is 0.338 e. The summed E-state index contributed by atoms with van der Waals surface area (Å²) in [7, 11) is 0. The Hall–Kier alpha value is -5.33. The minimum absolute atomic E-state index is 0.0657. The quantitative estimate of drug-likeness (QED) is 0.137. The molecule has 41 heavy (non-hydrogen) atoms. The van der Waals surface area contributed by atoms with Crippen LogP contribution in [0, 0.1) is 20.2 Å². The van der Waals surface area contributed by atoms with E-state index in [0.717, 1.165) is 12.1 Å². The van der Waals surface area contributed by atoms with E-state index in [9.17, 15) is 29.8 Å². The summed E-state index contributed by atoms with van der Waals surface area (Å²) in [6.07, 6.45) is 0. The Morgan fingerprint density at radius 3 is 1.76 bits per heavy atom. The molecule has 0 atom stereocenters. The van der Waals surface area contributed by atoms with Crippen molar-refractivity contribution in [3.8, 4) is 11.4 Å². The number of nitrogens with zero attached hydrogens (tertiary/aromatic N) is 3. The number of fused-ring (bicyclic) bond motifs is 1. The third kappa shape index (κ3) is 5.83. The Morgan fingerprint density at radius 2 is 1.22 bits per heavy atom. The van der Waals surface area contributed by atoms with Crippen LogP contribution in [0.4, 0.5) is 22.7 Å². The van der Waals surface area contributed by atoms with Crippen LogP contribution in [0.3, 0.4) is 0 Å². The fourth-order valence-electron chi connectivity index (χ4n) is 3.93. The average Bonchev–Trinajstić information content (AvgIpc) is 3.37. The SMILES string of the molecule is O=C(Nc1ccc(-c2nc3ccc(NC(=O)c4ccc(Cl)c([N+](=O)[O-])c4)cc3[nH]2)cc1)c1ccc(Cl)c([N+](=O)[O-])c1. The maximum absolute atomic E-state index is 12.7. The number of rotatable bonds is 7. The molecule has 0 saturated heterocycles. The van der Waals surface area contributed by atoms with E-state index < -0.39 is 21.7 Å². The Balaban J connectivity index is 1.30. The van der Waals surface area contributed by atoms with E-state index in [2.05, 4.69) is 20.6 Å². The first kappa shape index (κ1) is 27.2. The van der Waals surface area contributed by atoms with Crippen molar-refractivity contribution in [1.29, 1.82) is 0 Å². The molecule has 0 aliphatic rings. The number of nitro benzene ring substituents is 2. The number of anilines is 2. The van der Waals surface area contributed by atoms with Crippen molar-refractivity contribution in [3.05, 3.63) is 120 Å². The summed E-state index contributed by atoms with van der Waals surface area (Å²) in [5, 5.41) is 27.5. The lowest BCUT2D eigenvalue weighted by Crippen LogP contribution is -2.12. The minimum atomic E-state index is -0.661. The number of nitrogens with one attached hydrogen (secondary N) is 3. The topological polar surface area (TPSA) is 173 Å². The summed E-state index contributed by atoms with van der Waals surface area (Å²) in [6.45, 7) is 0. The molecule has 0 unspecified atom stereocenters. The molecule has 0 bridgehead atoms. The van der Waals surface area contributed by atoms with Crippen LogP contribution in [0.2, 0.25) is 10.0 Å². The van der Waals surface area contributed by atoms with Gasteiger partial charge in [0.05, 0.1) is 20.9 Å². The molecule has 1 aromatic heterocycles. The molecule has 0 saturated carbocycles. The van der Waals surface area contributed by atoms with E-state index in [1.165, 1.54) is 24.3 Å². The van der Waals surface area contributed by atoms with Crippen LogP contribution in [-0.2, 0) is 0 Å². The van der Waals surface area contributed by atoms with Crippen LogP contribution in [0.5, 0.6) is 0 Å². The predicted octanol–water partition coefficient (Wildman–Crippen LogP) is 6.86. The Kier molecular flexibility index (Phi) is 7.34. The van der Waals surface area contributed by atoms with Gasteiger partial charge in [-0.2, -0.15) is 0 Å². The van der Waals surface area contributed by atoms with Gasteiger partial charge < -0.3 is 15.6 Å². The number of aromatic nitrogens is 2. The second kappa shape index (κ2) is 11.0. The third-order valence-corrected chi connectivity index (χ3v) is 6.61. The third-order valence-electron chi connectivity index (χ3n) is 5.97. The van der Waals surface area contributed by atoms with E-state index in [-0.39, 0.29) is 32.5 Å². The number of aromatic amines is 1. The van der Waals surface area contributed by atoms with Gasteiger partial charge in [-0.15, -0.1) is 0 Å². The monoisotopic (exact) mass is 590 g/mol. The molecular weight excluding hydrogens is 575 g/mol. The number of nitro groups is 2. The van der Waals surface area contributed by atoms with Crippen LogP contribution in [-0.4, -0.2) is 31.6 Å². The van der Waals surface area contributed by atoms with Gasteiger partial charge in [0, 0.05) is 40.2 Å². The number of benzene rings is 4. The van der Waals surface area contributed by atoms with Crippen LogP contribution < -0.4 is 10.6 Å². The number of hydrogen-bond donors (Lipinski definition) is 3. The number of carbonyl (C=O) groups is 2. The molecule has 3 N–H and O–H groups in total. The molecule has 0 spiro atoms.